The van der Waals surface area contributed by atoms with Gasteiger partial charge in [-0.1, -0.05) is 29.8 Å². The predicted octanol–water partition coefficient (Wildman–Crippen LogP) is 3.90. The number of amides is 1. The molecule has 33 heavy (non-hydrogen) atoms. The third-order valence-electron chi connectivity index (χ3n) is 4.78. The number of halogens is 2. The van der Waals surface area contributed by atoms with Crippen LogP contribution >= 0.6 is 11.6 Å². The van der Waals surface area contributed by atoms with E-state index in [2.05, 4.69) is 10.0 Å². The zero-order valence-corrected chi connectivity index (χ0v) is 19.5. The molecule has 3 aromatic rings. The van der Waals surface area contributed by atoms with E-state index < -0.39 is 15.8 Å². The highest BCUT2D eigenvalue weighted by molar-refractivity contribution is 7.89. The molecule has 0 bridgehead atoms. The molecule has 7 nitrogen and oxygen atoms in total. The Hall–Kier alpha value is -3.14. The van der Waals surface area contributed by atoms with Crippen molar-refractivity contribution in [2.45, 2.75) is 18.0 Å². The Kier molecular flexibility index (Phi) is 7.91. The Labute approximate surface area is 196 Å². The van der Waals surface area contributed by atoms with E-state index in [-0.39, 0.29) is 22.4 Å². The van der Waals surface area contributed by atoms with Crippen molar-refractivity contribution < 1.29 is 27.1 Å². The van der Waals surface area contributed by atoms with Gasteiger partial charge in [-0.25, -0.2) is 17.5 Å². The molecule has 10 heteroatoms. The van der Waals surface area contributed by atoms with Gasteiger partial charge < -0.3 is 14.8 Å². The van der Waals surface area contributed by atoms with Crippen molar-refractivity contribution in [1.29, 1.82) is 0 Å². The number of methoxy groups -OCH3 is 2. The fourth-order valence-electron chi connectivity index (χ4n) is 2.95. The fraction of sp³-hybridized carbons (Fsp3) is 0.174. The number of nitrogens with one attached hydrogen (secondary N) is 2. The average molecular weight is 493 g/mol. The molecule has 3 aromatic carbocycles. The first-order valence-corrected chi connectivity index (χ1v) is 11.6. The van der Waals surface area contributed by atoms with Crippen LogP contribution in [0.2, 0.25) is 5.02 Å². The highest BCUT2D eigenvalue weighted by Gasteiger charge is 2.16. The maximum absolute atomic E-state index is 13.3. The lowest BCUT2D eigenvalue weighted by atomic mass is 10.1. The molecule has 0 aliphatic rings. The van der Waals surface area contributed by atoms with Gasteiger partial charge in [-0.15, -0.1) is 0 Å². The molecule has 0 fully saturated rings. The summed E-state index contributed by atoms with van der Waals surface area (Å²) in [5.41, 5.74) is 1.91. The number of hydrogen-bond acceptors (Lipinski definition) is 5. The quantitative estimate of drug-likeness (QED) is 0.472. The lowest BCUT2D eigenvalue weighted by molar-refractivity contribution is 0.0951. The summed E-state index contributed by atoms with van der Waals surface area (Å²) >= 11 is 5.66. The lowest BCUT2D eigenvalue weighted by Crippen LogP contribution is -2.24. The average Bonchev–Trinajstić information content (AvgIpc) is 2.83. The Balaban J connectivity index is 1.58. The molecule has 0 saturated carbocycles. The van der Waals surface area contributed by atoms with Gasteiger partial charge in [0.1, 0.15) is 5.82 Å². The van der Waals surface area contributed by atoms with E-state index in [4.69, 9.17) is 21.1 Å². The molecule has 0 aliphatic heterocycles. The van der Waals surface area contributed by atoms with Gasteiger partial charge >= 0.3 is 0 Å². The van der Waals surface area contributed by atoms with Crippen molar-refractivity contribution in [3.05, 3.63) is 88.2 Å². The molecule has 174 valence electrons. The normalized spacial score (nSPS) is 11.2. The van der Waals surface area contributed by atoms with E-state index in [9.17, 15) is 17.6 Å². The van der Waals surface area contributed by atoms with Gasteiger partial charge in [0.05, 0.1) is 24.1 Å². The van der Waals surface area contributed by atoms with E-state index >= 15 is 0 Å². The van der Waals surface area contributed by atoms with Crippen LogP contribution in [-0.2, 0) is 23.1 Å². The standard InChI is InChI=1S/C23H22ClFN2O5S/c1-31-21-10-5-16(11-22(21)32-2)13-26-23(28)17-6-3-15(4-7-17)14-27-33(29,30)18-8-9-20(25)19(24)12-18/h3-12,27H,13-14H2,1-2H3,(H,26,28). The molecule has 2 N–H and O–H groups in total. The van der Waals surface area contributed by atoms with Crippen molar-refractivity contribution >= 4 is 27.5 Å². The number of carbonyl (C=O) groups excluding carboxylic acids is 1. The van der Waals surface area contributed by atoms with Crippen LogP contribution in [0.5, 0.6) is 11.5 Å². The fourth-order valence-corrected chi connectivity index (χ4v) is 4.24. The van der Waals surface area contributed by atoms with Crippen LogP contribution in [-0.4, -0.2) is 28.5 Å². The number of benzene rings is 3. The maximum atomic E-state index is 13.3. The monoisotopic (exact) mass is 492 g/mol. The van der Waals surface area contributed by atoms with Crippen LogP contribution < -0.4 is 19.5 Å². The summed E-state index contributed by atoms with van der Waals surface area (Å²) in [5, 5.41) is 2.54. The van der Waals surface area contributed by atoms with Crippen molar-refractivity contribution in [2.75, 3.05) is 14.2 Å². The van der Waals surface area contributed by atoms with Crippen LogP contribution in [0.1, 0.15) is 21.5 Å². The minimum absolute atomic E-state index is 0.00906. The molecule has 0 saturated heterocycles. The second-order valence-corrected chi connectivity index (χ2v) is 9.14. The molecule has 0 spiro atoms. The van der Waals surface area contributed by atoms with Gasteiger partial charge in [0, 0.05) is 18.7 Å². The Morgan fingerprint density at radius 3 is 2.21 bits per heavy atom. The minimum atomic E-state index is -3.87. The largest absolute Gasteiger partial charge is 0.493 e. The van der Waals surface area contributed by atoms with E-state index in [0.29, 0.717) is 29.2 Å². The maximum Gasteiger partial charge on any atom is 0.251 e. The summed E-state index contributed by atoms with van der Waals surface area (Å²) in [4.78, 5) is 12.3. The van der Waals surface area contributed by atoms with Crippen molar-refractivity contribution in [2.24, 2.45) is 0 Å². The molecule has 0 atom stereocenters. The molecule has 1 amide bonds. The summed E-state index contributed by atoms with van der Waals surface area (Å²) < 4.78 is 50.9. The van der Waals surface area contributed by atoms with Crippen molar-refractivity contribution in [3.63, 3.8) is 0 Å². The first kappa shape index (κ1) is 24.5. The number of sulfonamides is 1. The van der Waals surface area contributed by atoms with Gasteiger partial charge in [0.25, 0.3) is 5.91 Å². The molecular formula is C23H22ClFN2O5S. The molecule has 0 unspecified atom stereocenters. The van der Waals surface area contributed by atoms with Gasteiger partial charge in [0.2, 0.25) is 10.0 Å². The Morgan fingerprint density at radius 2 is 1.58 bits per heavy atom. The SMILES string of the molecule is COc1ccc(CNC(=O)c2ccc(CNS(=O)(=O)c3ccc(F)c(Cl)c3)cc2)cc1OC. The molecule has 3 rings (SSSR count). The predicted molar refractivity (Wildman–Crippen MR) is 123 cm³/mol. The van der Waals surface area contributed by atoms with Crippen molar-refractivity contribution in [1.82, 2.24) is 10.0 Å². The molecule has 0 radical (unpaired) electrons. The van der Waals surface area contributed by atoms with Crippen LogP contribution in [0.25, 0.3) is 0 Å². The van der Waals surface area contributed by atoms with Gasteiger partial charge in [-0.05, 0) is 53.6 Å². The molecule has 0 heterocycles. The third kappa shape index (κ3) is 6.22. The second-order valence-electron chi connectivity index (χ2n) is 6.97. The summed E-state index contributed by atoms with van der Waals surface area (Å²) in [6, 6.07) is 15.0. The van der Waals surface area contributed by atoms with Crippen LogP contribution in [0.15, 0.2) is 65.6 Å². The van der Waals surface area contributed by atoms with Crippen LogP contribution in [0.4, 0.5) is 4.39 Å². The molecule has 0 aromatic heterocycles. The second kappa shape index (κ2) is 10.7. The number of hydrogen-bond donors (Lipinski definition) is 2. The highest BCUT2D eigenvalue weighted by Crippen LogP contribution is 2.27. The zero-order chi connectivity index (χ0) is 24.0. The minimum Gasteiger partial charge on any atom is -0.493 e. The van der Waals surface area contributed by atoms with E-state index in [1.807, 2.05) is 6.07 Å². The van der Waals surface area contributed by atoms with Gasteiger partial charge in [0.15, 0.2) is 11.5 Å². The van der Waals surface area contributed by atoms with E-state index in [1.165, 1.54) is 7.11 Å². The lowest BCUT2D eigenvalue weighted by Gasteiger charge is -2.11. The first-order valence-electron chi connectivity index (χ1n) is 9.76. The highest BCUT2D eigenvalue weighted by atomic mass is 35.5. The van der Waals surface area contributed by atoms with Gasteiger partial charge in [-0.2, -0.15) is 0 Å². The third-order valence-corrected chi connectivity index (χ3v) is 6.47. The Bertz CT molecular complexity index is 1250. The molecule has 0 aliphatic carbocycles. The topological polar surface area (TPSA) is 93.7 Å². The zero-order valence-electron chi connectivity index (χ0n) is 17.9. The molecular weight excluding hydrogens is 471 g/mol. The van der Waals surface area contributed by atoms with Crippen LogP contribution in [0.3, 0.4) is 0 Å². The summed E-state index contributed by atoms with van der Waals surface area (Å²) in [5.74, 6) is 0.189. The first-order chi connectivity index (χ1) is 15.7. The number of ether oxygens (including phenoxy) is 2. The van der Waals surface area contributed by atoms with E-state index in [1.54, 1.807) is 43.5 Å². The van der Waals surface area contributed by atoms with Crippen molar-refractivity contribution in [3.8, 4) is 11.5 Å². The summed E-state index contributed by atoms with van der Waals surface area (Å²) in [6.07, 6.45) is 0. The van der Waals surface area contributed by atoms with Crippen LogP contribution in [0, 0.1) is 5.82 Å². The summed E-state index contributed by atoms with van der Waals surface area (Å²) in [6.45, 7) is 0.284. The number of rotatable bonds is 9. The Morgan fingerprint density at radius 1 is 0.909 bits per heavy atom. The smallest absolute Gasteiger partial charge is 0.251 e. The number of carbonyl (C=O) groups is 1. The van der Waals surface area contributed by atoms with Gasteiger partial charge in [-0.3, -0.25) is 4.79 Å². The summed E-state index contributed by atoms with van der Waals surface area (Å²) in [7, 11) is -0.788. The van der Waals surface area contributed by atoms with E-state index in [0.717, 1.165) is 23.8 Å².